The monoisotopic (exact) mass is 359 g/mol. The number of fused-ring (bicyclic) bond motifs is 1. The first-order chi connectivity index (χ1) is 11.9. The molecule has 7 nitrogen and oxygen atoms in total. The van der Waals surface area contributed by atoms with Gasteiger partial charge >= 0.3 is 5.97 Å². The number of sulfonamides is 1. The van der Waals surface area contributed by atoms with E-state index in [1.54, 1.807) is 49.5 Å². The number of hydrogen-bond donors (Lipinski definition) is 1. The smallest absolute Gasteiger partial charge is 0.341 e. The quantitative estimate of drug-likeness (QED) is 0.707. The second kappa shape index (κ2) is 6.56. The van der Waals surface area contributed by atoms with Crippen LogP contribution in [0.4, 0.5) is 5.69 Å². The highest BCUT2D eigenvalue weighted by atomic mass is 32.2. The zero-order valence-corrected chi connectivity index (χ0v) is 14.6. The summed E-state index contributed by atoms with van der Waals surface area (Å²) >= 11 is 0. The van der Waals surface area contributed by atoms with E-state index in [0.29, 0.717) is 11.2 Å². The fraction of sp³-hybridized carbons (Fsp3) is 0.176. The van der Waals surface area contributed by atoms with Crippen LogP contribution in [0.15, 0.2) is 53.7 Å². The number of esters is 1. The van der Waals surface area contributed by atoms with E-state index in [9.17, 15) is 13.2 Å². The lowest BCUT2D eigenvalue weighted by molar-refractivity contribution is 0.0528. The number of aromatic nitrogens is 2. The average molecular weight is 359 g/mol. The highest BCUT2D eigenvalue weighted by Gasteiger charge is 2.17. The van der Waals surface area contributed by atoms with Crippen LogP contribution in [0.5, 0.6) is 0 Å². The maximum Gasteiger partial charge on any atom is 0.341 e. The number of ether oxygens (including phenoxy) is 1. The van der Waals surface area contributed by atoms with E-state index in [2.05, 4.69) is 9.82 Å². The van der Waals surface area contributed by atoms with Crippen LogP contribution >= 0.6 is 0 Å². The molecular formula is C17H17N3O4S. The van der Waals surface area contributed by atoms with Crippen LogP contribution in [-0.4, -0.2) is 30.6 Å². The SMILES string of the molecule is CCOC(=O)c1cnn2ccc(NS(=O)(=O)c3ccc(C)cc3)cc12. The van der Waals surface area contributed by atoms with Crippen molar-refractivity contribution in [3.63, 3.8) is 0 Å². The Morgan fingerprint density at radius 3 is 2.64 bits per heavy atom. The minimum absolute atomic E-state index is 0.164. The Morgan fingerprint density at radius 2 is 1.96 bits per heavy atom. The molecule has 2 heterocycles. The fourth-order valence-corrected chi connectivity index (χ4v) is 3.39. The molecule has 0 spiro atoms. The second-order valence-corrected chi connectivity index (χ2v) is 7.12. The molecule has 3 aromatic rings. The minimum atomic E-state index is -3.72. The molecule has 0 fully saturated rings. The van der Waals surface area contributed by atoms with Gasteiger partial charge in [-0.15, -0.1) is 0 Å². The van der Waals surface area contributed by atoms with Crippen LogP contribution in [0.1, 0.15) is 22.8 Å². The third kappa shape index (κ3) is 3.48. The number of benzene rings is 1. The standard InChI is InChI=1S/C17H17N3O4S/c1-3-24-17(21)15-11-18-20-9-8-13(10-16(15)20)19-25(22,23)14-6-4-12(2)5-7-14/h4-11,19H,3H2,1-2H3. The molecule has 0 unspecified atom stereocenters. The molecular weight excluding hydrogens is 342 g/mol. The molecule has 0 bridgehead atoms. The first-order valence-electron chi connectivity index (χ1n) is 7.65. The third-order valence-electron chi connectivity index (χ3n) is 3.60. The number of pyridine rings is 1. The van der Waals surface area contributed by atoms with Crippen molar-refractivity contribution < 1.29 is 17.9 Å². The van der Waals surface area contributed by atoms with Gasteiger partial charge in [-0.1, -0.05) is 17.7 Å². The van der Waals surface area contributed by atoms with Crippen molar-refractivity contribution in [1.82, 2.24) is 9.61 Å². The number of carbonyl (C=O) groups excluding carboxylic acids is 1. The van der Waals surface area contributed by atoms with Gasteiger partial charge in [0.25, 0.3) is 10.0 Å². The number of aryl methyl sites for hydroxylation is 1. The molecule has 0 aliphatic carbocycles. The van der Waals surface area contributed by atoms with Gasteiger partial charge in [0.05, 0.1) is 28.9 Å². The summed E-state index contributed by atoms with van der Waals surface area (Å²) in [4.78, 5) is 12.1. The molecule has 3 rings (SSSR count). The number of anilines is 1. The van der Waals surface area contributed by atoms with Crippen molar-refractivity contribution in [2.45, 2.75) is 18.7 Å². The maximum atomic E-state index is 12.5. The Bertz CT molecular complexity index is 1020. The molecule has 0 aliphatic heterocycles. The summed E-state index contributed by atoms with van der Waals surface area (Å²) in [5.41, 5.74) is 2.04. The zero-order chi connectivity index (χ0) is 18.0. The molecule has 1 N–H and O–H groups in total. The van der Waals surface area contributed by atoms with Crippen molar-refractivity contribution in [1.29, 1.82) is 0 Å². The number of nitrogens with zero attached hydrogens (tertiary/aromatic N) is 2. The lowest BCUT2D eigenvalue weighted by Crippen LogP contribution is -2.13. The highest BCUT2D eigenvalue weighted by Crippen LogP contribution is 2.20. The third-order valence-corrected chi connectivity index (χ3v) is 5.00. The predicted octanol–water partition coefficient (Wildman–Crippen LogP) is 2.62. The maximum absolute atomic E-state index is 12.5. The molecule has 0 radical (unpaired) electrons. The van der Waals surface area contributed by atoms with Crippen molar-refractivity contribution in [3.05, 3.63) is 59.9 Å². The lowest BCUT2D eigenvalue weighted by atomic mass is 10.2. The van der Waals surface area contributed by atoms with Gasteiger partial charge in [-0.25, -0.2) is 17.7 Å². The van der Waals surface area contributed by atoms with E-state index in [0.717, 1.165) is 5.56 Å². The molecule has 0 saturated carbocycles. The van der Waals surface area contributed by atoms with Crippen LogP contribution in [0.25, 0.3) is 5.52 Å². The summed E-state index contributed by atoms with van der Waals surface area (Å²) in [7, 11) is -3.72. The Kier molecular flexibility index (Phi) is 4.45. The van der Waals surface area contributed by atoms with Gasteiger partial charge in [0.2, 0.25) is 0 Å². The second-order valence-electron chi connectivity index (χ2n) is 5.44. The molecule has 0 amide bonds. The van der Waals surface area contributed by atoms with Gasteiger partial charge in [0.1, 0.15) is 5.56 Å². The summed E-state index contributed by atoms with van der Waals surface area (Å²) in [6.45, 7) is 3.84. The van der Waals surface area contributed by atoms with Gasteiger partial charge in [0.15, 0.2) is 0 Å². The van der Waals surface area contributed by atoms with Crippen molar-refractivity contribution in [2.24, 2.45) is 0 Å². The normalized spacial score (nSPS) is 11.4. The van der Waals surface area contributed by atoms with E-state index in [1.165, 1.54) is 10.7 Å². The van der Waals surface area contributed by atoms with E-state index < -0.39 is 16.0 Å². The van der Waals surface area contributed by atoms with Crippen molar-refractivity contribution >= 4 is 27.2 Å². The van der Waals surface area contributed by atoms with E-state index in [1.807, 2.05) is 6.92 Å². The van der Waals surface area contributed by atoms with Crippen molar-refractivity contribution in [3.8, 4) is 0 Å². The topological polar surface area (TPSA) is 89.8 Å². The lowest BCUT2D eigenvalue weighted by Gasteiger charge is -2.09. The summed E-state index contributed by atoms with van der Waals surface area (Å²) in [6.07, 6.45) is 2.97. The van der Waals surface area contributed by atoms with Gasteiger partial charge in [0, 0.05) is 6.20 Å². The van der Waals surface area contributed by atoms with Crippen LogP contribution < -0.4 is 4.72 Å². The summed E-state index contributed by atoms with van der Waals surface area (Å²) in [6, 6.07) is 9.66. The van der Waals surface area contributed by atoms with Crippen LogP contribution in [-0.2, 0) is 14.8 Å². The summed E-state index contributed by atoms with van der Waals surface area (Å²) in [5.74, 6) is -0.504. The van der Waals surface area contributed by atoms with Crippen LogP contribution in [0.2, 0.25) is 0 Å². The van der Waals surface area contributed by atoms with Crippen LogP contribution in [0.3, 0.4) is 0 Å². The minimum Gasteiger partial charge on any atom is -0.462 e. The molecule has 0 aliphatic rings. The largest absolute Gasteiger partial charge is 0.462 e. The molecule has 0 saturated heterocycles. The number of hydrogen-bond acceptors (Lipinski definition) is 5. The molecule has 1 aromatic carbocycles. The van der Waals surface area contributed by atoms with Crippen LogP contribution in [0, 0.1) is 6.92 Å². The van der Waals surface area contributed by atoms with E-state index in [-0.39, 0.29) is 17.1 Å². The average Bonchev–Trinajstić information content (AvgIpc) is 2.98. The van der Waals surface area contributed by atoms with Gasteiger partial charge < -0.3 is 4.74 Å². The van der Waals surface area contributed by atoms with Gasteiger partial charge in [-0.3, -0.25) is 4.72 Å². The van der Waals surface area contributed by atoms with Gasteiger partial charge in [-0.2, -0.15) is 5.10 Å². The number of carbonyl (C=O) groups is 1. The first-order valence-corrected chi connectivity index (χ1v) is 9.13. The molecule has 8 heteroatoms. The summed E-state index contributed by atoms with van der Waals surface area (Å²) in [5, 5.41) is 4.07. The Hall–Kier alpha value is -2.87. The van der Waals surface area contributed by atoms with E-state index >= 15 is 0 Å². The predicted molar refractivity (Wildman–Crippen MR) is 93.1 cm³/mol. The first kappa shape index (κ1) is 17.0. The highest BCUT2D eigenvalue weighted by molar-refractivity contribution is 7.92. The van der Waals surface area contributed by atoms with Gasteiger partial charge in [-0.05, 0) is 38.1 Å². The molecule has 0 atom stereocenters. The van der Waals surface area contributed by atoms with E-state index in [4.69, 9.17) is 4.74 Å². The zero-order valence-electron chi connectivity index (χ0n) is 13.8. The number of nitrogens with one attached hydrogen (secondary N) is 1. The fourth-order valence-electron chi connectivity index (χ4n) is 2.34. The Balaban J connectivity index is 1.95. The van der Waals surface area contributed by atoms with Crippen molar-refractivity contribution in [2.75, 3.05) is 11.3 Å². The summed E-state index contributed by atoms with van der Waals surface area (Å²) < 4.78 is 33.9. The molecule has 25 heavy (non-hydrogen) atoms. The number of rotatable bonds is 5. The Morgan fingerprint density at radius 1 is 1.24 bits per heavy atom. The molecule has 130 valence electrons. The molecule has 2 aromatic heterocycles. The Labute approximate surface area is 145 Å².